The van der Waals surface area contributed by atoms with Crippen LogP contribution < -0.4 is 0 Å². The van der Waals surface area contributed by atoms with Crippen LogP contribution in [-0.2, 0) is 0 Å². The number of carbonyl (C=O) groups is 1. The van der Waals surface area contributed by atoms with Gasteiger partial charge in [-0.3, -0.25) is 9.89 Å². The summed E-state index contributed by atoms with van der Waals surface area (Å²) in [5, 5.41) is 7.92. The average molecular weight is 384 g/mol. The fraction of sp³-hybridized carbons (Fsp3) is 0.238. The van der Waals surface area contributed by atoms with Crippen molar-refractivity contribution in [1.29, 1.82) is 0 Å². The van der Waals surface area contributed by atoms with Gasteiger partial charge in [-0.05, 0) is 50.6 Å². The second-order valence-electron chi connectivity index (χ2n) is 7.67. The van der Waals surface area contributed by atoms with Gasteiger partial charge in [-0.15, -0.1) is 0 Å². The highest BCUT2D eigenvalue weighted by Gasteiger charge is 2.46. The van der Waals surface area contributed by atoms with E-state index in [2.05, 4.69) is 10.2 Å². The SMILES string of the molecule is CC(C)(C)N1C(=O)c2[nH]nc(-c3ccc(Cl)cc3)c2C1c1cccc(F)c1. The van der Waals surface area contributed by atoms with E-state index in [0.29, 0.717) is 22.0 Å². The highest BCUT2D eigenvalue weighted by molar-refractivity contribution is 6.30. The molecule has 2 heterocycles. The van der Waals surface area contributed by atoms with Crippen LogP contribution in [0.1, 0.15) is 48.4 Å². The first-order chi connectivity index (χ1) is 12.8. The Morgan fingerprint density at radius 2 is 1.85 bits per heavy atom. The molecular weight excluding hydrogens is 365 g/mol. The van der Waals surface area contributed by atoms with E-state index in [0.717, 1.165) is 11.1 Å². The van der Waals surface area contributed by atoms with Gasteiger partial charge < -0.3 is 4.90 Å². The summed E-state index contributed by atoms with van der Waals surface area (Å²) in [6.07, 6.45) is 0. The number of nitrogens with one attached hydrogen (secondary N) is 1. The fourth-order valence-corrected chi connectivity index (χ4v) is 3.78. The number of hydrogen-bond donors (Lipinski definition) is 1. The lowest BCUT2D eigenvalue weighted by atomic mass is 9.93. The number of amides is 1. The largest absolute Gasteiger partial charge is 0.321 e. The minimum atomic E-state index is -0.453. The van der Waals surface area contributed by atoms with Crippen molar-refractivity contribution in [3.05, 3.63) is 76.2 Å². The van der Waals surface area contributed by atoms with E-state index in [1.807, 2.05) is 39.0 Å². The van der Waals surface area contributed by atoms with E-state index in [-0.39, 0.29) is 11.7 Å². The number of aromatic nitrogens is 2. The molecule has 1 N–H and O–H groups in total. The first kappa shape index (κ1) is 17.7. The van der Waals surface area contributed by atoms with Crippen LogP contribution in [0.2, 0.25) is 5.02 Å². The van der Waals surface area contributed by atoms with Gasteiger partial charge in [0.05, 0.1) is 11.7 Å². The normalized spacial score (nSPS) is 16.7. The van der Waals surface area contributed by atoms with Crippen LogP contribution in [0.15, 0.2) is 48.5 Å². The molecule has 1 unspecified atom stereocenters. The maximum atomic E-state index is 14.0. The summed E-state index contributed by atoms with van der Waals surface area (Å²) in [7, 11) is 0. The molecule has 0 saturated heterocycles. The van der Waals surface area contributed by atoms with E-state index in [4.69, 9.17) is 11.6 Å². The van der Waals surface area contributed by atoms with Crippen LogP contribution >= 0.6 is 11.6 Å². The molecule has 1 aliphatic rings. The van der Waals surface area contributed by atoms with Crippen LogP contribution in [0.5, 0.6) is 0 Å². The minimum absolute atomic E-state index is 0.139. The summed E-state index contributed by atoms with van der Waals surface area (Å²) >= 11 is 6.01. The van der Waals surface area contributed by atoms with Crippen molar-refractivity contribution < 1.29 is 9.18 Å². The first-order valence-electron chi connectivity index (χ1n) is 8.70. The molecule has 3 aromatic rings. The standard InChI is InChI=1S/C21H19ClFN3O/c1-21(2,3)26-19(13-5-4-6-15(23)11-13)16-17(24-25-18(16)20(26)27)12-7-9-14(22)10-8-12/h4-11,19H,1-3H3,(H,24,25). The van der Waals surface area contributed by atoms with Crippen molar-refractivity contribution >= 4 is 17.5 Å². The molecule has 2 aromatic carbocycles. The topological polar surface area (TPSA) is 49.0 Å². The van der Waals surface area contributed by atoms with Crippen molar-refractivity contribution in [3.63, 3.8) is 0 Å². The average Bonchev–Trinajstić information content (AvgIpc) is 3.14. The molecule has 0 radical (unpaired) electrons. The number of benzene rings is 2. The second kappa shape index (κ2) is 6.20. The van der Waals surface area contributed by atoms with Gasteiger partial charge in [-0.2, -0.15) is 5.10 Å². The lowest BCUT2D eigenvalue weighted by molar-refractivity contribution is 0.0545. The van der Waals surface area contributed by atoms with Crippen molar-refractivity contribution in [3.8, 4) is 11.3 Å². The lowest BCUT2D eigenvalue weighted by Crippen LogP contribution is -2.44. The quantitative estimate of drug-likeness (QED) is 0.660. The molecule has 138 valence electrons. The number of aromatic amines is 1. The van der Waals surface area contributed by atoms with E-state index >= 15 is 0 Å². The van der Waals surface area contributed by atoms with Crippen molar-refractivity contribution in [2.24, 2.45) is 0 Å². The molecule has 4 nitrogen and oxygen atoms in total. The Kier molecular flexibility index (Phi) is 4.07. The summed E-state index contributed by atoms with van der Waals surface area (Å²) in [6.45, 7) is 5.91. The van der Waals surface area contributed by atoms with E-state index < -0.39 is 11.6 Å². The number of fused-ring (bicyclic) bond motifs is 1. The Hall–Kier alpha value is -2.66. The molecule has 0 aliphatic carbocycles. The van der Waals surface area contributed by atoms with Gasteiger partial charge in [0.25, 0.3) is 5.91 Å². The van der Waals surface area contributed by atoms with Gasteiger partial charge in [0, 0.05) is 21.7 Å². The van der Waals surface area contributed by atoms with E-state index in [9.17, 15) is 9.18 Å². The molecule has 1 amide bonds. The zero-order chi connectivity index (χ0) is 19.3. The molecule has 4 rings (SSSR count). The van der Waals surface area contributed by atoms with E-state index in [1.165, 1.54) is 12.1 Å². The number of halogens is 2. The fourth-order valence-electron chi connectivity index (χ4n) is 3.66. The molecule has 1 aromatic heterocycles. The third kappa shape index (κ3) is 2.92. The Labute approximate surface area is 162 Å². The van der Waals surface area contributed by atoms with Gasteiger partial charge in [0.2, 0.25) is 0 Å². The lowest BCUT2D eigenvalue weighted by Gasteiger charge is -2.37. The molecule has 0 saturated carbocycles. The van der Waals surface area contributed by atoms with Gasteiger partial charge in [-0.25, -0.2) is 4.39 Å². The summed E-state index contributed by atoms with van der Waals surface area (Å²) in [5.74, 6) is -0.474. The van der Waals surface area contributed by atoms with Crippen LogP contribution in [0, 0.1) is 5.82 Å². The predicted molar refractivity (Wildman–Crippen MR) is 103 cm³/mol. The molecule has 0 bridgehead atoms. The molecule has 0 fully saturated rings. The minimum Gasteiger partial charge on any atom is -0.321 e. The summed E-state index contributed by atoms with van der Waals surface area (Å²) in [5.41, 5.74) is 3.00. The highest BCUT2D eigenvalue weighted by Crippen LogP contribution is 2.45. The highest BCUT2D eigenvalue weighted by atomic mass is 35.5. The van der Waals surface area contributed by atoms with Crippen LogP contribution in [0.4, 0.5) is 4.39 Å². The number of hydrogen-bond acceptors (Lipinski definition) is 2. The van der Waals surface area contributed by atoms with Gasteiger partial charge in [-0.1, -0.05) is 35.9 Å². The Balaban J connectivity index is 1.95. The smallest absolute Gasteiger partial charge is 0.273 e. The van der Waals surface area contributed by atoms with Crippen LogP contribution in [-0.4, -0.2) is 26.5 Å². The first-order valence-corrected chi connectivity index (χ1v) is 9.08. The Morgan fingerprint density at radius 1 is 1.15 bits per heavy atom. The maximum absolute atomic E-state index is 14.0. The molecular formula is C21H19ClFN3O. The molecule has 0 spiro atoms. The third-order valence-corrected chi connectivity index (χ3v) is 5.03. The Morgan fingerprint density at radius 3 is 2.48 bits per heavy atom. The number of nitrogens with zero attached hydrogens (tertiary/aromatic N) is 2. The Bertz CT molecular complexity index is 1020. The van der Waals surface area contributed by atoms with Gasteiger partial charge in [0.1, 0.15) is 11.5 Å². The third-order valence-electron chi connectivity index (χ3n) is 4.77. The molecule has 1 atom stereocenters. The number of carbonyl (C=O) groups excluding carboxylic acids is 1. The maximum Gasteiger partial charge on any atom is 0.273 e. The zero-order valence-corrected chi connectivity index (χ0v) is 16.0. The zero-order valence-electron chi connectivity index (χ0n) is 15.3. The van der Waals surface area contributed by atoms with Crippen molar-refractivity contribution in [1.82, 2.24) is 15.1 Å². The number of H-pyrrole nitrogens is 1. The second-order valence-corrected chi connectivity index (χ2v) is 8.11. The molecule has 27 heavy (non-hydrogen) atoms. The number of rotatable bonds is 2. The summed E-state index contributed by atoms with van der Waals surface area (Å²) in [6, 6.07) is 13.3. The summed E-state index contributed by atoms with van der Waals surface area (Å²) in [4.78, 5) is 14.9. The summed E-state index contributed by atoms with van der Waals surface area (Å²) < 4.78 is 14.0. The van der Waals surface area contributed by atoms with Crippen LogP contribution in [0.25, 0.3) is 11.3 Å². The monoisotopic (exact) mass is 383 g/mol. The van der Waals surface area contributed by atoms with E-state index in [1.54, 1.807) is 23.1 Å². The van der Waals surface area contributed by atoms with Crippen LogP contribution in [0.3, 0.4) is 0 Å². The van der Waals surface area contributed by atoms with Gasteiger partial charge >= 0.3 is 0 Å². The van der Waals surface area contributed by atoms with Crippen molar-refractivity contribution in [2.75, 3.05) is 0 Å². The molecule has 1 aliphatic heterocycles. The molecule has 6 heteroatoms. The predicted octanol–water partition coefficient (Wildman–Crippen LogP) is 5.21. The van der Waals surface area contributed by atoms with Crippen molar-refractivity contribution in [2.45, 2.75) is 32.4 Å². The van der Waals surface area contributed by atoms with Gasteiger partial charge in [0.15, 0.2) is 0 Å².